The molecule has 1 aromatic heterocycles. The molecule has 0 unspecified atom stereocenters. The lowest BCUT2D eigenvalue weighted by Gasteiger charge is -2.16. The average Bonchev–Trinajstić information content (AvgIpc) is 3.08. The molecular formula is C19H19N3O2S. The first kappa shape index (κ1) is 17.2. The highest BCUT2D eigenvalue weighted by Gasteiger charge is 2.13. The Kier molecular flexibility index (Phi) is 5.85. The number of thioether (sulfide) groups is 1. The monoisotopic (exact) mass is 353 g/mol. The molecular weight excluding hydrogens is 334 g/mol. The van der Waals surface area contributed by atoms with Crippen LogP contribution in [-0.4, -0.2) is 33.8 Å². The molecule has 0 spiro atoms. The van der Waals surface area contributed by atoms with Crippen LogP contribution in [0.4, 0.5) is 0 Å². The van der Waals surface area contributed by atoms with Crippen LogP contribution in [0.2, 0.25) is 0 Å². The fourth-order valence-corrected chi connectivity index (χ4v) is 3.04. The van der Waals surface area contributed by atoms with Crippen LogP contribution in [0.15, 0.2) is 70.3 Å². The molecule has 1 heterocycles. The Morgan fingerprint density at radius 3 is 2.32 bits per heavy atom. The van der Waals surface area contributed by atoms with Gasteiger partial charge in [-0.1, -0.05) is 72.4 Å². The van der Waals surface area contributed by atoms with Crippen molar-refractivity contribution in [3.05, 3.63) is 77.7 Å². The van der Waals surface area contributed by atoms with Crippen molar-refractivity contribution in [3.63, 3.8) is 0 Å². The Labute approximate surface area is 151 Å². The van der Waals surface area contributed by atoms with Gasteiger partial charge in [-0.25, -0.2) is 0 Å². The van der Waals surface area contributed by atoms with Crippen molar-refractivity contribution in [2.75, 3.05) is 12.8 Å². The predicted octanol–water partition coefficient (Wildman–Crippen LogP) is 3.41. The van der Waals surface area contributed by atoms with Gasteiger partial charge >= 0.3 is 0 Å². The number of benzene rings is 2. The minimum atomic E-state index is 0.0247. The summed E-state index contributed by atoms with van der Waals surface area (Å²) in [7, 11) is 1.80. The molecule has 0 aliphatic carbocycles. The van der Waals surface area contributed by atoms with Crippen molar-refractivity contribution >= 4 is 17.7 Å². The molecule has 0 saturated carbocycles. The molecule has 128 valence electrons. The first-order valence-corrected chi connectivity index (χ1v) is 8.96. The van der Waals surface area contributed by atoms with Crippen LogP contribution in [-0.2, 0) is 17.8 Å². The molecule has 0 saturated heterocycles. The zero-order chi connectivity index (χ0) is 17.5. The molecule has 25 heavy (non-hydrogen) atoms. The summed E-state index contributed by atoms with van der Waals surface area (Å²) in [6, 6.07) is 19.9. The van der Waals surface area contributed by atoms with Gasteiger partial charge in [0.1, 0.15) is 0 Å². The Morgan fingerprint density at radius 1 is 1.00 bits per heavy atom. The summed E-state index contributed by atoms with van der Waals surface area (Å²) in [6.45, 7) is 0.587. The molecule has 0 aliphatic heterocycles. The first-order valence-electron chi connectivity index (χ1n) is 7.98. The lowest BCUT2D eigenvalue weighted by atomic mass is 10.2. The number of hydrogen-bond acceptors (Lipinski definition) is 5. The third kappa shape index (κ3) is 5.19. The lowest BCUT2D eigenvalue weighted by molar-refractivity contribution is -0.127. The number of nitrogens with zero attached hydrogens (tertiary/aromatic N) is 3. The molecule has 0 bridgehead atoms. The molecule has 1 amide bonds. The van der Waals surface area contributed by atoms with E-state index in [0.29, 0.717) is 24.1 Å². The molecule has 0 fully saturated rings. The van der Waals surface area contributed by atoms with Gasteiger partial charge in [-0.05, 0) is 11.1 Å². The minimum absolute atomic E-state index is 0.0247. The van der Waals surface area contributed by atoms with E-state index in [0.717, 1.165) is 11.1 Å². The van der Waals surface area contributed by atoms with Crippen molar-refractivity contribution in [2.45, 2.75) is 18.2 Å². The summed E-state index contributed by atoms with van der Waals surface area (Å²) in [5.74, 6) is 0.853. The number of rotatable bonds is 7. The fourth-order valence-electron chi connectivity index (χ4n) is 2.32. The van der Waals surface area contributed by atoms with Gasteiger partial charge < -0.3 is 9.32 Å². The number of hydrogen-bond donors (Lipinski definition) is 0. The molecule has 0 atom stereocenters. The Balaban J connectivity index is 1.49. The number of aromatic nitrogens is 2. The van der Waals surface area contributed by atoms with Gasteiger partial charge in [-0.3, -0.25) is 4.79 Å². The molecule has 0 aliphatic rings. The van der Waals surface area contributed by atoms with Gasteiger partial charge in [0.2, 0.25) is 11.8 Å². The van der Waals surface area contributed by atoms with Crippen LogP contribution in [0.25, 0.3) is 0 Å². The van der Waals surface area contributed by atoms with E-state index in [-0.39, 0.29) is 11.7 Å². The summed E-state index contributed by atoms with van der Waals surface area (Å²) in [5, 5.41) is 8.47. The van der Waals surface area contributed by atoms with E-state index in [1.54, 1.807) is 11.9 Å². The number of amides is 1. The standard InChI is InChI=1S/C19H19N3O2S/c1-22(13-16-10-6-3-7-11-16)18(23)14-25-19-21-20-17(24-19)12-15-8-4-2-5-9-15/h2-11H,12-14H2,1H3. The highest BCUT2D eigenvalue weighted by Crippen LogP contribution is 2.18. The third-order valence-electron chi connectivity index (χ3n) is 3.65. The van der Waals surface area contributed by atoms with Crippen LogP contribution < -0.4 is 0 Å². The van der Waals surface area contributed by atoms with Crippen molar-refractivity contribution in [1.82, 2.24) is 15.1 Å². The van der Waals surface area contributed by atoms with E-state index in [2.05, 4.69) is 10.2 Å². The van der Waals surface area contributed by atoms with E-state index in [9.17, 15) is 4.79 Å². The van der Waals surface area contributed by atoms with Crippen LogP contribution in [0.3, 0.4) is 0 Å². The number of carbonyl (C=O) groups is 1. The molecule has 5 nitrogen and oxygen atoms in total. The van der Waals surface area contributed by atoms with E-state index in [1.165, 1.54) is 11.8 Å². The summed E-state index contributed by atoms with van der Waals surface area (Å²) in [4.78, 5) is 13.9. The van der Waals surface area contributed by atoms with Gasteiger partial charge in [0, 0.05) is 13.6 Å². The first-order chi connectivity index (χ1) is 12.2. The SMILES string of the molecule is CN(Cc1ccccc1)C(=O)CSc1nnc(Cc2ccccc2)o1. The second kappa shape index (κ2) is 8.48. The highest BCUT2D eigenvalue weighted by atomic mass is 32.2. The lowest BCUT2D eigenvalue weighted by Crippen LogP contribution is -2.27. The third-order valence-corrected chi connectivity index (χ3v) is 4.46. The molecule has 0 N–H and O–H groups in total. The van der Waals surface area contributed by atoms with Crippen molar-refractivity contribution in [1.29, 1.82) is 0 Å². The largest absolute Gasteiger partial charge is 0.416 e. The van der Waals surface area contributed by atoms with Gasteiger partial charge in [0.05, 0.1) is 12.2 Å². The van der Waals surface area contributed by atoms with Gasteiger partial charge in [-0.15, -0.1) is 10.2 Å². The van der Waals surface area contributed by atoms with E-state index in [1.807, 2.05) is 60.7 Å². The average molecular weight is 353 g/mol. The number of carbonyl (C=O) groups excluding carboxylic acids is 1. The van der Waals surface area contributed by atoms with Crippen LogP contribution >= 0.6 is 11.8 Å². The second-order valence-electron chi connectivity index (χ2n) is 5.65. The van der Waals surface area contributed by atoms with Gasteiger partial charge in [0.15, 0.2) is 0 Å². The molecule has 0 radical (unpaired) electrons. The fraction of sp³-hybridized carbons (Fsp3) is 0.211. The van der Waals surface area contributed by atoms with Crippen LogP contribution in [0, 0.1) is 0 Å². The van der Waals surface area contributed by atoms with Gasteiger partial charge in [-0.2, -0.15) is 0 Å². The van der Waals surface area contributed by atoms with E-state index < -0.39 is 0 Å². The summed E-state index contributed by atoms with van der Waals surface area (Å²) < 4.78 is 5.61. The Morgan fingerprint density at radius 2 is 1.64 bits per heavy atom. The van der Waals surface area contributed by atoms with E-state index >= 15 is 0 Å². The summed E-state index contributed by atoms with van der Waals surface area (Å²) in [5.41, 5.74) is 2.22. The zero-order valence-corrected chi connectivity index (χ0v) is 14.8. The molecule has 3 rings (SSSR count). The molecule has 2 aromatic carbocycles. The van der Waals surface area contributed by atoms with Gasteiger partial charge in [0.25, 0.3) is 5.22 Å². The second-order valence-corrected chi connectivity index (χ2v) is 6.57. The maximum atomic E-state index is 12.2. The molecule has 6 heteroatoms. The van der Waals surface area contributed by atoms with Crippen molar-refractivity contribution < 1.29 is 9.21 Å². The summed E-state index contributed by atoms with van der Waals surface area (Å²) >= 11 is 1.27. The van der Waals surface area contributed by atoms with Crippen LogP contribution in [0.1, 0.15) is 17.0 Å². The molecule has 3 aromatic rings. The van der Waals surface area contributed by atoms with E-state index in [4.69, 9.17) is 4.42 Å². The minimum Gasteiger partial charge on any atom is -0.416 e. The Hall–Kier alpha value is -2.60. The van der Waals surface area contributed by atoms with Crippen molar-refractivity contribution in [2.24, 2.45) is 0 Å². The predicted molar refractivity (Wildman–Crippen MR) is 97.2 cm³/mol. The topological polar surface area (TPSA) is 59.2 Å². The normalized spacial score (nSPS) is 10.6. The maximum Gasteiger partial charge on any atom is 0.277 e. The zero-order valence-electron chi connectivity index (χ0n) is 14.0. The quantitative estimate of drug-likeness (QED) is 0.609. The summed E-state index contributed by atoms with van der Waals surface area (Å²) in [6.07, 6.45) is 0.594. The maximum absolute atomic E-state index is 12.2. The Bertz CT molecular complexity index is 806. The van der Waals surface area contributed by atoms with Crippen LogP contribution in [0.5, 0.6) is 0 Å². The highest BCUT2D eigenvalue weighted by molar-refractivity contribution is 7.99. The van der Waals surface area contributed by atoms with Crippen molar-refractivity contribution in [3.8, 4) is 0 Å². The smallest absolute Gasteiger partial charge is 0.277 e.